The van der Waals surface area contributed by atoms with Crippen LogP contribution in [0.5, 0.6) is 0 Å². The van der Waals surface area contributed by atoms with Gasteiger partial charge in [-0.3, -0.25) is 0 Å². The highest BCUT2D eigenvalue weighted by molar-refractivity contribution is 6.31. The Labute approximate surface area is 169 Å². The molecule has 0 atom stereocenters. The smallest absolute Gasteiger partial charge is 0.339 e. The van der Waals surface area contributed by atoms with E-state index >= 15 is 0 Å². The predicted octanol–water partition coefficient (Wildman–Crippen LogP) is 5.54. The van der Waals surface area contributed by atoms with Crippen molar-refractivity contribution in [3.05, 3.63) is 76.7 Å². The summed E-state index contributed by atoms with van der Waals surface area (Å²) in [7, 11) is 0. The average Bonchev–Trinajstić information content (AvgIpc) is 3.32. The van der Waals surface area contributed by atoms with Crippen molar-refractivity contribution in [2.45, 2.75) is 39.7 Å². The molecule has 2 heterocycles. The molecule has 0 unspecified atom stereocenters. The monoisotopic (exact) mass is 398 g/mol. The van der Waals surface area contributed by atoms with E-state index in [-0.39, 0.29) is 5.57 Å². The maximum absolute atomic E-state index is 11.9. The number of unbranched alkanes of at least 4 members (excludes halogenated alkanes) is 1. The maximum Gasteiger partial charge on any atom is 0.339 e. The van der Waals surface area contributed by atoms with Crippen LogP contribution in [0.3, 0.4) is 0 Å². The second-order valence-electron chi connectivity index (χ2n) is 6.62. The summed E-state index contributed by atoms with van der Waals surface area (Å²) in [6.45, 7) is 4.44. The van der Waals surface area contributed by atoms with Crippen LogP contribution in [-0.2, 0) is 17.8 Å². The van der Waals surface area contributed by atoms with Crippen LogP contribution in [0, 0.1) is 0 Å². The Morgan fingerprint density at radius 2 is 2.04 bits per heavy atom. The average molecular weight is 399 g/mol. The Bertz CT molecular complexity index is 987. The highest BCUT2D eigenvalue weighted by Gasteiger charge is 2.21. The third-order valence-electron chi connectivity index (χ3n) is 4.72. The number of carboxylic acid groups (broad SMARTS) is 1. The van der Waals surface area contributed by atoms with E-state index in [4.69, 9.17) is 16.0 Å². The lowest BCUT2D eigenvalue weighted by atomic mass is 10.0. The lowest BCUT2D eigenvalue weighted by molar-refractivity contribution is -0.130. The number of allylic oxidation sites excluding steroid dienone is 1. The number of imidazole rings is 1. The number of hydrogen-bond acceptors (Lipinski definition) is 3. The highest BCUT2D eigenvalue weighted by Crippen LogP contribution is 2.29. The maximum atomic E-state index is 11.9. The number of benzene rings is 1. The molecule has 146 valence electrons. The Hall–Kier alpha value is -2.79. The molecule has 5 nitrogen and oxygen atoms in total. The zero-order chi connectivity index (χ0) is 20.1. The number of carboxylic acids is 1. The van der Waals surface area contributed by atoms with Crippen molar-refractivity contribution in [1.29, 1.82) is 0 Å². The van der Waals surface area contributed by atoms with Crippen LogP contribution in [0.1, 0.15) is 49.5 Å². The quantitative estimate of drug-likeness (QED) is 0.506. The molecule has 28 heavy (non-hydrogen) atoms. The number of aliphatic carboxylic acids is 1. The van der Waals surface area contributed by atoms with E-state index in [1.807, 2.05) is 24.3 Å². The van der Waals surface area contributed by atoms with Crippen LogP contribution in [0.2, 0.25) is 5.02 Å². The minimum atomic E-state index is -1.03. The molecule has 3 aromatic rings. The molecular weight excluding hydrogens is 376 g/mol. The molecule has 0 saturated carbocycles. The predicted molar refractivity (Wildman–Crippen MR) is 110 cm³/mol. The molecule has 0 saturated heterocycles. The summed E-state index contributed by atoms with van der Waals surface area (Å²) in [5.41, 5.74) is 2.45. The molecule has 0 aliphatic carbocycles. The topological polar surface area (TPSA) is 68.3 Å². The third-order valence-corrected chi connectivity index (χ3v) is 5.09. The lowest BCUT2D eigenvalue weighted by Crippen LogP contribution is -2.10. The molecule has 1 N–H and O–H groups in total. The Kier molecular flexibility index (Phi) is 6.37. The second-order valence-corrected chi connectivity index (χ2v) is 7.03. The van der Waals surface area contributed by atoms with Gasteiger partial charge in [0.05, 0.1) is 24.7 Å². The van der Waals surface area contributed by atoms with Gasteiger partial charge in [-0.1, -0.05) is 43.1 Å². The Morgan fingerprint density at radius 3 is 2.68 bits per heavy atom. The second kappa shape index (κ2) is 8.93. The van der Waals surface area contributed by atoms with E-state index < -0.39 is 5.97 Å². The first-order valence-corrected chi connectivity index (χ1v) is 9.67. The van der Waals surface area contributed by atoms with Crippen LogP contribution in [-0.4, -0.2) is 20.6 Å². The molecule has 0 bridgehead atoms. The van der Waals surface area contributed by atoms with Crippen LogP contribution in [0.15, 0.2) is 53.3 Å². The van der Waals surface area contributed by atoms with Crippen LogP contribution in [0.4, 0.5) is 0 Å². The van der Waals surface area contributed by atoms with Crippen molar-refractivity contribution in [2.24, 2.45) is 0 Å². The van der Waals surface area contributed by atoms with Gasteiger partial charge in [-0.15, -0.1) is 0 Å². The summed E-state index contributed by atoms with van der Waals surface area (Å²) in [4.78, 5) is 16.5. The summed E-state index contributed by atoms with van der Waals surface area (Å²) in [6, 6.07) is 11.0. The molecule has 0 radical (unpaired) electrons. The van der Waals surface area contributed by atoms with Gasteiger partial charge in [0.1, 0.15) is 17.2 Å². The van der Waals surface area contributed by atoms with Gasteiger partial charge in [0, 0.05) is 11.4 Å². The van der Waals surface area contributed by atoms with Crippen LogP contribution < -0.4 is 0 Å². The highest BCUT2D eigenvalue weighted by atomic mass is 35.5. The van der Waals surface area contributed by atoms with Gasteiger partial charge in [-0.25, -0.2) is 9.78 Å². The lowest BCUT2D eigenvalue weighted by Gasteiger charge is -2.15. The van der Waals surface area contributed by atoms with Gasteiger partial charge >= 0.3 is 5.97 Å². The fraction of sp³-hybridized carbons (Fsp3) is 0.273. The number of rotatable bonds is 8. The van der Waals surface area contributed by atoms with Crippen molar-refractivity contribution in [1.82, 2.24) is 9.55 Å². The van der Waals surface area contributed by atoms with E-state index in [0.29, 0.717) is 22.9 Å². The first-order valence-electron chi connectivity index (χ1n) is 9.29. The number of furan rings is 1. The van der Waals surface area contributed by atoms with E-state index in [1.54, 1.807) is 25.3 Å². The zero-order valence-electron chi connectivity index (χ0n) is 16.0. The van der Waals surface area contributed by atoms with E-state index in [1.165, 1.54) is 6.26 Å². The van der Waals surface area contributed by atoms with E-state index in [2.05, 4.69) is 16.5 Å². The minimum absolute atomic E-state index is 0.132. The number of nitrogens with zero attached hydrogens (tertiary/aromatic N) is 2. The molecule has 0 spiro atoms. The molecule has 6 heteroatoms. The number of hydrogen-bond donors (Lipinski definition) is 1. The fourth-order valence-corrected chi connectivity index (χ4v) is 3.42. The van der Waals surface area contributed by atoms with Gasteiger partial charge in [-0.05, 0) is 42.7 Å². The van der Waals surface area contributed by atoms with Gasteiger partial charge in [-0.2, -0.15) is 0 Å². The van der Waals surface area contributed by atoms with Gasteiger partial charge in [0.15, 0.2) is 0 Å². The fourth-order valence-electron chi connectivity index (χ4n) is 3.22. The van der Waals surface area contributed by atoms with Gasteiger partial charge < -0.3 is 14.1 Å². The normalized spacial score (nSPS) is 12.1. The minimum Gasteiger partial charge on any atom is -0.478 e. The van der Waals surface area contributed by atoms with Gasteiger partial charge in [0.25, 0.3) is 0 Å². The summed E-state index contributed by atoms with van der Waals surface area (Å²) in [5, 5.41) is 10.5. The number of halogens is 1. The van der Waals surface area contributed by atoms with Crippen molar-refractivity contribution in [2.75, 3.05) is 0 Å². The van der Waals surface area contributed by atoms with Crippen molar-refractivity contribution >= 4 is 28.7 Å². The molecule has 0 fully saturated rings. The molecule has 0 amide bonds. The first-order chi connectivity index (χ1) is 13.5. The molecule has 1 aromatic carbocycles. The summed E-state index contributed by atoms with van der Waals surface area (Å²) < 4.78 is 7.41. The van der Waals surface area contributed by atoms with E-state index in [0.717, 1.165) is 36.3 Å². The standard InChI is InChI=1S/C22H23ClN2O3/c1-3-4-11-20-24-13-18(25(20)14-16-8-5-6-9-17(16)23)15(2)21(22(26)27)19-10-7-12-28-19/h5-10,12-13H,3-4,11,14H2,1-2H3,(H,26,27)/b21-15+. The summed E-state index contributed by atoms with van der Waals surface area (Å²) >= 11 is 6.37. The van der Waals surface area contributed by atoms with Crippen molar-refractivity contribution in [3.63, 3.8) is 0 Å². The van der Waals surface area contributed by atoms with Gasteiger partial charge in [0.2, 0.25) is 0 Å². The molecule has 2 aromatic heterocycles. The van der Waals surface area contributed by atoms with Crippen LogP contribution in [0.25, 0.3) is 11.1 Å². The molecule has 0 aliphatic rings. The SMILES string of the molecule is CCCCc1ncc(/C(C)=C(/C(=O)O)c2ccco2)n1Cc1ccccc1Cl. The summed E-state index contributed by atoms with van der Waals surface area (Å²) in [5.74, 6) is 0.207. The first kappa shape index (κ1) is 20.0. The largest absolute Gasteiger partial charge is 0.478 e. The van der Waals surface area contributed by atoms with Crippen molar-refractivity contribution in [3.8, 4) is 0 Å². The van der Waals surface area contributed by atoms with Crippen LogP contribution >= 0.6 is 11.6 Å². The molecule has 3 rings (SSSR count). The van der Waals surface area contributed by atoms with Crippen molar-refractivity contribution < 1.29 is 14.3 Å². The Balaban J connectivity index is 2.12. The Morgan fingerprint density at radius 1 is 1.25 bits per heavy atom. The molecular formula is C22H23ClN2O3. The zero-order valence-corrected chi connectivity index (χ0v) is 16.7. The number of carbonyl (C=O) groups is 1. The van der Waals surface area contributed by atoms with E-state index in [9.17, 15) is 9.90 Å². The number of aryl methyl sites for hydroxylation is 1. The molecule has 0 aliphatic heterocycles. The number of aromatic nitrogens is 2. The third kappa shape index (κ3) is 4.20. The summed E-state index contributed by atoms with van der Waals surface area (Å²) in [6.07, 6.45) is 6.08.